The van der Waals surface area contributed by atoms with Gasteiger partial charge in [0.15, 0.2) is 0 Å². The first-order valence-electron chi connectivity index (χ1n) is 7.16. The van der Waals surface area contributed by atoms with Crippen LogP contribution in [-0.4, -0.2) is 53.4 Å². The van der Waals surface area contributed by atoms with Gasteiger partial charge in [0.25, 0.3) is 0 Å². The zero-order valence-corrected chi connectivity index (χ0v) is 13.2. The molecule has 2 N–H and O–H groups in total. The van der Waals surface area contributed by atoms with Crippen molar-refractivity contribution in [3.63, 3.8) is 0 Å². The number of likely N-dealkylation sites (N-methyl/N-ethyl adjacent to an activating group) is 1. The molecule has 0 aromatic heterocycles. The second kappa shape index (κ2) is 7.80. The molecule has 0 aromatic rings. The molecule has 1 fully saturated rings. The van der Waals surface area contributed by atoms with Crippen LogP contribution in [0.1, 0.15) is 39.5 Å². The van der Waals surface area contributed by atoms with Crippen molar-refractivity contribution in [1.29, 1.82) is 0 Å². The van der Waals surface area contributed by atoms with Crippen LogP contribution >= 0.6 is 12.2 Å². The molecule has 1 aliphatic carbocycles. The van der Waals surface area contributed by atoms with Gasteiger partial charge < -0.3 is 10.6 Å². The molecular weight excluding hydrogens is 258 g/mol. The Hall–Kier alpha value is -0.680. The highest BCUT2D eigenvalue weighted by molar-refractivity contribution is 7.80. The fraction of sp³-hybridized carbons (Fsp3) is 0.857. The first-order chi connectivity index (χ1) is 8.90. The highest BCUT2D eigenvalue weighted by Crippen LogP contribution is 2.27. The number of rotatable bonds is 9. The van der Waals surface area contributed by atoms with Crippen molar-refractivity contribution in [1.82, 2.24) is 9.80 Å². The fourth-order valence-electron chi connectivity index (χ4n) is 1.95. The van der Waals surface area contributed by atoms with Crippen molar-refractivity contribution in [3.05, 3.63) is 0 Å². The van der Waals surface area contributed by atoms with E-state index in [1.54, 1.807) is 4.90 Å². The Morgan fingerprint density at radius 3 is 2.47 bits per heavy atom. The second-order valence-corrected chi connectivity index (χ2v) is 6.44. The van der Waals surface area contributed by atoms with E-state index in [4.69, 9.17) is 18.0 Å². The highest BCUT2D eigenvalue weighted by atomic mass is 32.1. The van der Waals surface area contributed by atoms with Gasteiger partial charge in [-0.3, -0.25) is 9.69 Å². The zero-order chi connectivity index (χ0) is 14.4. The summed E-state index contributed by atoms with van der Waals surface area (Å²) in [5, 5.41) is 0. The fourth-order valence-corrected chi connectivity index (χ4v) is 2.04. The molecule has 0 radical (unpaired) electrons. The maximum absolute atomic E-state index is 12.1. The summed E-state index contributed by atoms with van der Waals surface area (Å²) in [6.07, 6.45) is 4.23. The molecule has 5 heteroatoms. The summed E-state index contributed by atoms with van der Waals surface area (Å²) >= 11 is 4.84. The van der Waals surface area contributed by atoms with Gasteiger partial charge in [-0.2, -0.15) is 0 Å². The van der Waals surface area contributed by atoms with Crippen molar-refractivity contribution in [3.8, 4) is 0 Å². The first kappa shape index (κ1) is 16.4. The number of nitrogens with zero attached hydrogens (tertiary/aromatic N) is 2. The third-order valence-electron chi connectivity index (χ3n) is 3.51. The van der Waals surface area contributed by atoms with Crippen LogP contribution in [0.5, 0.6) is 0 Å². The molecule has 0 unspecified atom stereocenters. The van der Waals surface area contributed by atoms with Crippen LogP contribution in [-0.2, 0) is 4.79 Å². The quantitative estimate of drug-likeness (QED) is 0.654. The summed E-state index contributed by atoms with van der Waals surface area (Å²) in [5.41, 5.74) is 5.46. The van der Waals surface area contributed by atoms with Gasteiger partial charge in [-0.1, -0.05) is 26.1 Å². The minimum absolute atomic E-state index is 0.173. The monoisotopic (exact) mass is 285 g/mol. The largest absolute Gasteiger partial charge is 0.393 e. The number of thiocarbonyl (C=S) groups is 1. The minimum atomic E-state index is 0.173. The molecule has 0 aliphatic heterocycles. The lowest BCUT2D eigenvalue weighted by atomic mass is 10.1. The summed E-state index contributed by atoms with van der Waals surface area (Å²) in [4.78, 5) is 16.7. The molecule has 0 saturated heterocycles. The van der Waals surface area contributed by atoms with Crippen LogP contribution in [0.4, 0.5) is 0 Å². The van der Waals surface area contributed by atoms with Crippen molar-refractivity contribution in [2.45, 2.75) is 45.6 Å². The standard InChI is InChI=1S/C14H27N3OS/c1-11(2)6-9-17(12-4-5-12)10-14(18)16(3)8-7-13(15)19/h11-12H,4-10H2,1-3H3,(H2,15,19). The van der Waals surface area contributed by atoms with Crippen LogP contribution in [0.2, 0.25) is 0 Å². The van der Waals surface area contributed by atoms with E-state index in [-0.39, 0.29) is 5.91 Å². The molecule has 0 bridgehead atoms. The lowest BCUT2D eigenvalue weighted by Crippen LogP contribution is -2.41. The van der Waals surface area contributed by atoms with Gasteiger partial charge in [0.05, 0.1) is 11.5 Å². The Labute approximate surface area is 122 Å². The van der Waals surface area contributed by atoms with E-state index in [1.165, 1.54) is 12.8 Å². The summed E-state index contributed by atoms with van der Waals surface area (Å²) in [6, 6.07) is 0.631. The molecule has 1 amide bonds. The Balaban J connectivity index is 2.35. The summed E-state index contributed by atoms with van der Waals surface area (Å²) in [6.45, 7) is 6.63. The van der Waals surface area contributed by atoms with Crippen LogP contribution in [0, 0.1) is 5.92 Å². The van der Waals surface area contributed by atoms with E-state index in [9.17, 15) is 4.79 Å². The van der Waals surface area contributed by atoms with E-state index < -0.39 is 0 Å². The molecular formula is C14H27N3OS. The van der Waals surface area contributed by atoms with Gasteiger partial charge in [0.2, 0.25) is 5.91 Å². The molecule has 1 rings (SSSR count). The number of nitrogens with two attached hydrogens (primary N) is 1. The van der Waals surface area contributed by atoms with Gasteiger partial charge in [-0.15, -0.1) is 0 Å². The number of carbonyl (C=O) groups excluding carboxylic acids is 1. The third-order valence-corrected chi connectivity index (χ3v) is 3.72. The Kier molecular flexibility index (Phi) is 6.72. The number of hydrogen-bond donors (Lipinski definition) is 1. The maximum Gasteiger partial charge on any atom is 0.236 e. The topological polar surface area (TPSA) is 49.6 Å². The molecule has 19 heavy (non-hydrogen) atoms. The molecule has 0 spiro atoms. The second-order valence-electron chi connectivity index (χ2n) is 5.92. The summed E-state index contributed by atoms with van der Waals surface area (Å²) in [7, 11) is 1.83. The molecule has 1 saturated carbocycles. The Bertz CT molecular complexity index is 316. The summed E-state index contributed by atoms with van der Waals surface area (Å²) in [5.74, 6) is 0.857. The van der Waals surface area contributed by atoms with Crippen LogP contribution in [0.25, 0.3) is 0 Å². The lowest BCUT2D eigenvalue weighted by Gasteiger charge is -2.25. The SMILES string of the molecule is CC(C)CCN(CC(=O)N(C)CCC(N)=S)C1CC1. The molecule has 1 aliphatic rings. The molecule has 0 heterocycles. The van der Waals surface area contributed by atoms with E-state index in [2.05, 4.69) is 18.7 Å². The first-order valence-corrected chi connectivity index (χ1v) is 7.57. The predicted octanol–water partition coefficient (Wildman–Crippen LogP) is 1.63. The van der Waals surface area contributed by atoms with Crippen LogP contribution in [0.15, 0.2) is 0 Å². The Morgan fingerprint density at radius 1 is 1.37 bits per heavy atom. The van der Waals surface area contributed by atoms with E-state index in [1.807, 2.05) is 7.05 Å². The van der Waals surface area contributed by atoms with E-state index in [0.29, 0.717) is 36.5 Å². The van der Waals surface area contributed by atoms with Gasteiger partial charge in [-0.25, -0.2) is 0 Å². The average molecular weight is 285 g/mol. The van der Waals surface area contributed by atoms with Gasteiger partial charge >= 0.3 is 0 Å². The van der Waals surface area contributed by atoms with Crippen molar-refractivity contribution < 1.29 is 4.79 Å². The van der Waals surface area contributed by atoms with Gasteiger partial charge in [-0.05, 0) is 31.7 Å². The lowest BCUT2D eigenvalue weighted by molar-refractivity contribution is -0.131. The zero-order valence-electron chi connectivity index (χ0n) is 12.4. The molecule has 110 valence electrons. The van der Waals surface area contributed by atoms with Crippen molar-refractivity contribution >= 4 is 23.1 Å². The smallest absolute Gasteiger partial charge is 0.236 e. The average Bonchev–Trinajstić information content (AvgIpc) is 3.14. The minimum Gasteiger partial charge on any atom is -0.393 e. The van der Waals surface area contributed by atoms with E-state index in [0.717, 1.165) is 13.0 Å². The normalized spacial score (nSPS) is 15.0. The van der Waals surface area contributed by atoms with Gasteiger partial charge in [0, 0.05) is 26.1 Å². The number of hydrogen-bond acceptors (Lipinski definition) is 3. The Morgan fingerprint density at radius 2 is 2.00 bits per heavy atom. The van der Waals surface area contributed by atoms with Crippen LogP contribution < -0.4 is 5.73 Å². The van der Waals surface area contributed by atoms with E-state index >= 15 is 0 Å². The van der Waals surface area contributed by atoms with Crippen molar-refractivity contribution in [2.75, 3.05) is 26.7 Å². The summed E-state index contributed by atoms with van der Waals surface area (Å²) < 4.78 is 0. The van der Waals surface area contributed by atoms with Gasteiger partial charge in [0.1, 0.15) is 0 Å². The molecule has 0 aromatic carbocycles. The molecule has 4 nitrogen and oxygen atoms in total. The number of carbonyl (C=O) groups is 1. The number of amides is 1. The third kappa shape index (κ3) is 6.87. The van der Waals surface area contributed by atoms with Crippen LogP contribution in [0.3, 0.4) is 0 Å². The predicted molar refractivity (Wildman–Crippen MR) is 83.1 cm³/mol. The molecule has 0 atom stereocenters. The van der Waals surface area contributed by atoms with Crippen molar-refractivity contribution in [2.24, 2.45) is 11.7 Å². The maximum atomic E-state index is 12.1. The highest BCUT2D eigenvalue weighted by Gasteiger charge is 2.30.